The van der Waals surface area contributed by atoms with Crippen LogP contribution >= 0.6 is 23.2 Å². The van der Waals surface area contributed by atoms with Gasteiger partial charge >= 0.3 is 5.97 Å². The smallest absolute Gasteiger partial charge is 0.336 e. The van der Waals surface area contributed by atoms with E-state index >= 15 is 0 Å². The lowest BCUT2D eigenvalue weighted by Gasteiger charge is -2.39. The van der Waals surface area contributed by atoms with Gasteiger partial charge in [-0.3, -0.25) is 4.79 Å². The van der Waals surface area contributed by atoms with E-state index in [4.69, 9.17) is 32.7 Å². The number of hydrogen-bond acceptors (Lipinski definition) is 5. The highest BCUT2D eigenvalue weighted by atomic mass is 35.5. The molecule has 1 aromatic carbocycles. The predicted octanol–water partition coefficient (Wildman–Crippen LogP) is 5.18. The summed E-state index contributed by atoms with van der Waals surface area (Å²) in [6.07, 6.45) is 1.10. The maximum atomic E-state index is 13.2. The molecule has 1 aromatic rings. The van der Waals surface area contributed by atoms with E-state index < -0.39 is 11.9 Å². The molecule has 0 bridgehead atoms. The van der Waals surface area contributed by atoms with Crippen LogP contribution in [0.5, 0.6) is 0 Å². The average Bonchev–Trinajstić information content (AvgIpc) is 2.65. The summed E-state index contributed by atoms with van der Waals surface area (Å²) in [5.41, 5.74) is 2.90. The fourth-order valence-corrected chi connectivity index (χ4v) is 4.59. The highest BCUT2D eigenvalue weighted by Gasteiger charge is 2.43. The summed E-state index contributed by atoms with van der Waals surface area (Å²) >= 11 is 12.8. The number of carbonyl (C=O) groups excluding carboxylic acids is 2. The molecule has 0 saturated heterocycles. The van der Waals surface area contributed by atoms with E-state index in [9.17, 15) is 9.59 Å². The number of ketones is 1. The minimum absolute atomic E-state index is 0.00177. The Hall–Kier alpha value is -1.82. The minimum Gasteiger partial charge on any atom is -0.460 e. The molecular formula is C23H27Cl2NO4. The second-order valence-electron chi connectivity index (χ2n) is 8.41. The number of hydrogen-bond donors (Lipinski definition) is 1. The molecule has 162 valence electrons. The first-order valence-electron chi connectivity index (χ1n) is 10.1. The monoisotopic (exact) mass is 451 g/mol. The van der Waals surface area contributed by atoms with Crippen LogP contribution in [0.15, 0.2) is 40.7 Å². The summed E-state index contributed by atoms with van der Waals surface area (Å²) in [7, 11) is 0. The van der Waals surface area contributed by atoms with Crippen molar-refractivity contribution in [1.82, 2.24) is 5.32 Å². The van der Waals surface area contributed by atoms with Crippen LogP contribution in [-0.4, -0.2) is 31.6 Å². The Kier molecular flexibility index (Phi) is 6.95. The van der Waals surface area contributed by atoms with Gasteiger partial charge in [0.2, 0.25) is 0 Å². The number of ether oxygens (including phenoxy) is 2. The molecule has 1 atom stereocenters. The molecule has 5 nitrogen and oxygen atoms in total. The Balaban J connectivity index is 2.08. The Morgan fingerprint density at radius 1 is 1.23 bits per heavy atom. The Morgan fingerprint density at radius 2 is 1.97 bits per heavy atom. The Bertz CT molecular complexity index is 933. The highest BCUT2D eigenvalue weighted by Crippen LogP contribution is 2.48. The van der Waals surface area contributed by atoms with Crippen molar-refractivity contribution in [1.29, 1.82) is 0 Å². The Morgan fingerprint density at radius 3 is 2.67 bits per heavy atom. The number of halogens is 2. The first kappa shape index (κ1) is 22.9. The zero-order valence-electron chi connectivity index (χ0n) is 17.7. The quantitative estimate of drug-likeness (QED) is 0.476. The molecule has 0 spiro atoms. The van der Waals surface area contributed by atoms with Gasteiger partial charge in [0.1, 0.15) is 6.61 Å². The van der Waals surface area contributed by atoms with E-state index in [1.54, 1.807) is 12.1 Å². The summed E-state index contributed by atoms with van der Waals surface area (Å²) in [6, 6.07) is 5.27. The minimum atomic E-state index is -0.629. The summed E-state index contributed by atoms with van der Waals surface area (Å²) in [6.45, 7) is 8.81. The van der Waals surface area contributed by atoms with Crippen molar-refractivity contribution in [3.63, 3.8) is 0 Å². The number of Topliss-reactive ketones (excluding diaryl/α,β-unsaturated/α-hetero) is 1. The van der Waals surface area contributed by atoms with Crippen LogP contribution < -0.4 is 5.32 Å². The molecule has 0 fully saturated rings. The van der Waals surface area contributed by atoms with Crippen molar-refractivity contribution in [3.8, 4) is 0 Å². The lowest BCUT2D eigenvalue weighted by atomic mass is 9.68. The molecule has 1 aliphatic carbocycles. The molecule has 0 amide bonds. The fourth-order valence-electron chi connectivity index (χ4n) is 4.18. The molecule has 1 heterocycles. The third-order valence-corrected chi connectivity index (χ3v) is 6.25. The Labute approximate surface area is 187 Å². The molecular weight excluding hydrogens is 425 g/mol. The molecule has 2 aliphatic rings. The van der Waals surface area contributed by atoms with E-state index in [0.717, 1.165) is 5.70 Å². The molecule has 0 radical (unpaired) electrons. The summed E-state index contributed by atoms with van der Waals surface area (Å²) in [5.74, 6) is -1.12. The van der Waals surface area contributed by atoms with Gasteiger partial charge in [-0.2, -0.15) is 0 Å². The summed E-state index contributed by atoms with van der Waals surface area (Å²) < 4.78 is 10.7. The molecule has 1 aliphatic heterocycles. The van der Waals surface area contributed by atoms with Crippen molar-refractivity contribution < 1.29 is 19.1 Å². The molecule has 30 heavy (non-hydrogen) atoms. The molecule has 1 N–H and O–H groups in total. The van der Waals surface area contributed by atoms with Crippen LogP contribution in [0.25, 0.3) is 0 Å². The summed E-state index contributed by atoms with van der Waals surface area (Å²) in [5, 5.41) is 4.01. The molecule has 0 aromatic heterocycles. The SMILES string of the molecule is CCOCCOC(=O)C1=C(C)NC2=C(C(=O)CC(C)(C)C2)[C@H]1c1cccc(Cl)c1Cl. The number of esters is 1. The first-order valence-corrected chi connectivity index (χ1v) is 10.8. The van der Waals surface area contributed by atoms with Gasteiger partial charge in [-0.1, -0.05) is 49.2 Å². The number of nitrogens with one attached hydrogen (secondary N) is 1. The third-order valence-electron chi connectivity index (χ3n) is 5.42. The topological polar surface area (TPSA) is 64.6 Å². The van der Waals surface area contributed by atoms with Crippen molar-refractivity contribution in [2.75, 3.05) is 19.8 Å². The normalized spacial score (nSPS) is 20.7. The predicted molar refractivity (Wildman–Crippen MR) is 118 cm³/mol. The van der Waals surface area contributed by atoms with Crippen molar-refractivity contribution >= 4 is 35.0 Å². The molecule has 0 unspecified atom stereocenters. The van der Waals surface area contributed by atoms with Gasteiger partial charge in [0, 0.05) is 35.9 Å². The van der Waals surface area contributed by atoms with E-state index in [-0.39, 0.29) is 17.8 Å². The zero-order valence-corrected chi connectivity index (χ0v) is 19.2. The van der Waals surface area contributed by atoms with Gasteiger partial charge in [0.25, 0.3) is 0 Å². The second kappa shape index (κ2) is 9.13. The standard InChI is InChI=1S/C23H27Cl2NO4/c1-5-29-9-10-30-22(28)18-13(2)26-16-11-23(3,4)12-17(27)20(16)19(18)14-7-6-8-15(24)21(14)25/h6-8,19,26H,5,9-12H2,1-4H3/t19-/m0/s1. The second-order valence-corrected chi connectivity index (χ2v) is 9.19. The van der Waals surface area contributed by atoms with E-state index in [0.29, 0.717) is 58.5 Å². The maximum absolute atomic E-state index is 13.2. The number of carbonyl (C=O) groups is 2. The van der Waals surface area contributed by atoms with Gasteiger partial charge < -0.3 is 14.8 Å². The molecule has 0 saturated carbocycles. The lowest BCUT2D eigenvalue weighted by Crippen LogP contribution is -2.38. The number of allylic oxidation sites excluding steroid dienone is 3. The average molecular weight is 452 g/mol. The van der Waals surface area contributed by atoms with Gasteiger partial charge in [-0.05, 0) is 37.3 Å². The van der Waals surface area contributed by atoms with Gasteiger partial charge in [0.15, 0.2) is 5.78 Å². The number of benzene rings is 1. The lowest BCUT2D eigenvalue weighted by molar-refractivity contribution is -0.140. The van der Waals surface area contributed by atoms with Crippen LogP contribution in [0, 0.1) is 5.41 Å². The largest absolute Gasteiger partial charge is 0.460 e. The van der Waals surface area contributed by atoms with Crippen molar-refractivity contribution in [2.24, 2.45) is 5.41 Å². The van der Waals surface area contributed by atoms with Crippen LogP contribution in [0.4, 0.5) is 0 Å². The van der Waals surface area contributed by atoms with Crippen molar-refractivity contribution in [2.45, 2.75) is 46.5 Å². The van der Waals surface area contributed by atoms with Gasteiger partial charge in [0.05, 0.1) is 22.2 Å². The number of rotatable bonds is 6. The molecule has 3 rings (SSSR count). The van der Waals surface area contributed by atoms with Crippen LogP contribution in [-0.2, 0) is 19.1 Å². The van der Waals surface area contributed by atoms with E-state index in [2.05, 4.69) is 19.2 Å². The summed E-state index contributed by atoms with van der Waals surface area (Å²) in [4.78, 5) is 26.3. The highest BCUT2D eigenvalue weighted by molar-refractivity contribution is 6.42. The van der Waals surface area contributed by atoms with Crippen LogP contribution in [0.1, 0.15) is 52.0 Å². The van der Waals surface area contributed by atoms with E-state index in [1.807, 2.05) is 19.9 Å². The van der Waals surface area contributed by atoms with E-state index in [1.165, 1.54) is 0 Å². The van der Waals surface area contributed by atoms with Gasteiger partial charge in [-0.25, -0.2) is 4.79 Å². The number of dihydropyridines is 1. The van der Waals surface area contributed by atoms with Gasteiger partial charge in [-0.15, -0.1) is 0 Å². The van der Waals surface area contributed by atoms with Crippen LogP contribution in [0.3, 0.4) is 0 Å². The zero-order chi connectivity index (χ0) is 22.1. The molecule has 7 heteroatoms. The van der Waals surface area contributed by atoms with Crippen molar-refractivity contribution in [3.05, 3.63) is 56.3 Å². The third kappa shape index (κ3) is 4.58. The fraction of sp³-hybridized carbons (Fsp3) is 0.478. The van der Waals surface area contributed by atoms with Crippen LogP contribution in [0.2, 0.25) is 10.0 Å². The maximum Gasteiger partial charge on any atom is 0.336 e. The first-order chi connectivity index (χ1) is 14.2.